The summed E-state index contributed by atoms with van der Waals surface area (Å²) in [5.41, 5.74) is 0.0639. The van der Waals surface area contributed by atoms with Gasteiger partial charge in [-0.15, -0.1) is 11.8 Å². The minimum absolute atomic E-state index is 0.0639. The number of nitrogens with one attached hydrogen (secondary N) is 1. The largest absolute Gasteiger partial charge is 0.336 e. The van der Waals surface area contributed by atoms with E-state index in [1.54, 1.807) is 12.1 Å². The third kappa shape index (κ3) is 3.95. The molecule has 6 nitrogen and oxygen atoms in total. The molecule has 1 N–H and O–H groups in total. The molecule has 1 unspecified atom stereocenters. The van der Waals surface area contributed by atoms with E-state index in [4.69, 9.17) is 0 Å². The molecule has 1 aliphatic rings. The topological polar surface area (TPSA) is 75.5 Å². The monoisotopic (exact) mass is 309 g/mol. The van der Waals surface area contributed by atoms with Crippen molar-refractivity contribution in [3.63, 3.8) is 0 Å². The van der Waals surface area contributed by atoms with Gasteiger partial charge in [0, 0.05) is 42.7 Å². The summed E-state index contributed by atoms with van der Waals surface area (Å²) in [4.78, 5) is 25.4. The summed E-state index contributed by atoms with van der Waals surface area (Å²) < 4.78 is 0. The third-order valence-electron chi connectivity index (χ3n) is 3.49. The number of non-ortho nitro benzene ring substituents is 1. The zero-order chi connectivity index (χ0) is 15.4. The molecule has 114 valence electrons. The van der Waals surface area contributed by atoms with E-state index in [1.807, 2.05) is 18.7 Å². The normalized spacial score (nSPS) is 20.1. The molecule has 2 atom stereocenters. The van der Waals surface area contributed by atoms with E-state index < -0.39 is 4.92 Å². The van der Waals surface area contributed by atoms with Gasteiger partial charge >= 0.3 is 0 Å². The van der Waals surface area contributed by atoms with E-state index in [1.165, 1.54) is 23.9 Å². The third-order valence-corrected chi connectivity index (χ3v) is 4.59. The number of nitrogens with zero attached hydrogens (tertiary/aromatic N) is 2. The molecule has 0 radical (unpaired) electrons. The molecule has 1 aromatic carbocycles. The van der Waals surface area contributed by atoms with Gasteiger partial charge in [0.2, 0.25) is 5.91 Å². The van der Waals surface area contributed by atoms with Gasteiger partial charge in [0.25, 0.3) is 5.69 Å². The Bertz CT molecular complexity index is 521. The molecule has 21 heavy (non-hydrogen) atoms. The number of nitro benzene ring substituents is 1. The summed E-state index contributed by atoms with van der Waals surface area (Å²) in [5, 5.41) is 13.7. The molecule has 0 saturated carbocycles. The van der Waals surface area contributed by atoms with E-state index >= 15 is 0 Å². The lowest BCUT2D eigenvalue weighted by Crippen LogP contribution is -2.54. The van der Waals surface area contributed by atoms with Crippen LogP contribution in [0.3, 0.4) is 0 Å². The van der Waals surface area contributed by atoms with Crippen molar-refractivity contribution in [3.05, 3.63) is 34.4 Å². The Morgan fingerprint density at radius 2 is 2.14 bits per heavy atom. The average Bonchev–Trinajstić information content (AvgIpc) is 2.47. The van der Waals surface area contributed by atoms with Crippen molar-refractivity contribution in [2.75, 3.05) is 19.6 Å². The average molecular weight is 309 g/mol. The molecule has 0 bridgehead atoms. The lowest BCUT2D eigenvalue weighted by atomic mass is 10.2. The first kappa shape index (κ1) is 15.8. The Labute approximate surface area is 128 Å². The van der Waals surface area contributed by atoms with Crippen LogP contribution in [0, 0.1) is 10.1 Å². The van der Waals surface area contributed by atoms with Gasteiger partial charge in [-0.25, -0.2) is 0 Å². The van der Waals surface area contributed by atoms with Gasteiger partial charge in [0.15, 0.2) is 0 Å². The maximum atomic E-state index is 12.5. The smallest absolute Gasteiger partial charge is 0.269 e. The van der Waals surface area contributed by atoms with Crippen molar-refractivity contribution in [2.24, 2.45) is 0 Å². The van der Waals surface area contributed by atoms with E-state index in [0.717, 1.165) is 24.5 Å². The van der Waals surface area contributed by atoms with E-state index in [-0.39, 0.29) is 22.9 Å². The molecule has 1 aromatic rings. The van der Waals surface area contributed by atoms with Crippen molar-refractivity contribution in [1.82, 2.24) is 10.2 Å². The zero-order valence-electron chi connectivity index (χ0n) is 12.1. The van der Waals surface area contributed by atoms with Gasteiger partial charge < -0.3 is 10.2 Å². The summed E-state index contributed by atoms with van der Waals surface area (Å²) in [6.07, 6.45) is 0. The van der Waals surface area contributed by atoms with Crippen molar-refractivity contribution < 1.29 is 9.72 Å². The number of benzene rings is 1. The van der Waals surface area contributed by atoms with Crippen molar-refractivity contribution in [1.29, 1.82) is 0 Å². The quantitative estimate of drug-likeness (QED) is 0.522. The standard InChI is InChI=1S/C14H19N3O3S/c1-10-9-15-7-8-16(10)14(18)11(2)21-13-5-3-12(4-6-13)17(19)20/h3-6,10-11,15H,7-9H2,1-2H3/t10-,11?/m1/s1. The molecule has 0 aliphatic carbocycles. The molecule has 7 heteroatoms. The molecule has 1 amide bonds. The van der Waals surface area contributed by atoms with Crippen LogP contribution in [-0.4, -0.2) is 46.7 Å². The number of nitro groups is 1. The number of carbonyl (C=O) groups excluding carboxylic acids is 1. The van der Waals surface area contributed by atoms with Crippen LogP contribution in [0.4, 0.5) is 5.69 Å². The second-order valence-electron chi connectivity index (χ2n) is 5.10. The number of carbonyl (C=O) groups is 1. The highest BCUT2D eigenvalue weighted by atomic mass is 32.2. The zero-order valence-corrected chi connectivity index (χ0v) is 12.9. The van der Waals surface area contributed by atoms with Gasteiger partial charge in [-0.1, -0.05) is 0 Å². The molecule has 1 saturated heterocycles. The number of thioether (sulfide) groups is 1. The number of piperazine rings is 1. The maximum absolute atomic E-state index is 12.5. The van der Waals surface area contributed by atoms with Crippen LogP contribution in [0.15, 0.2) is 29.2 Å². The molecule has 2 rings (SSSR count). The Morgan fingerprint density at radius 3 is 2.71 bits per heavy atom. The number of amides is 1. The SMILES string of the molecule is CC(Sc1ccc([N+](=O)[O-])cc1)C(=O)N1CCNC[C@H]1C. The Balaban J connectivity index is 1.98. The highest BCUT2D eigenvalue weighted by molar-refractivity contribution is 8.00. The highest BCUT2D eigenvalue weighted by Crippen LogP contribution is 2.27. The van der Waals surface area contributed by atoms with Gasteiger partial charge in [0.05, 0.1) is 10.2 Å². The fourth-order valence-corrected chi connectivity index (χ4v) is 3.24. The van der Waals surface area contributed by atoms with Crippen molar-refractivity contribution in [2.45, 2.75) is 30.0 Å². The fourth-order valence-electron chi connectivity index (χ4n) is 2.30. The van der Waals surface area contributed by atoms with E-state index in [2.05, 4.69) is 5.32 Å². The number of rotatable bonds is 4. The maximum Gasteiger partial charge on any atom is 0.269 e. The lowest BCUT2D eigenvalue weighted by molar-refractivity contribution is -0.384. The Hall–Kier alpha value is -1.60. The van der Waals surface area contributed by atoms with Crippen LogP contribution in [0.2, 0.25) is 0 Å². The summed E-state index contributed by atoms with van der Waals surface area (Å²) >= 11 is 1.43. The molecule has 1 aliphatic heterocycles. The summed E-state index contributed by atoms with van der Waals surface area (Å²) in [6.45, 7) is 6.29. The number of hydrogen-bond acceptors (Lipinski definition) is 5. The van der Waals surface area contributed by atoms with Crippen LogP contribution < -0.4 is 5.32 Å². The molecule has 1 fully saturated rings. The molecule has 0 spiro atoms. The van der Waals surface area contributed by atoms with Crippen LogP contribution in [-0.2, 0) is 4.79 Å². The molecule has 1 heterocycles. The second-order valence-corrected chi connectivity index (χ2v) is 6.51. The van der Waals surface area contributed by atoms with Crippen molar-refractivity contribution in [3.8, 4) is 0 Å². The Kier molecular flexibility index (Phi) is 5.19. The predicted octanol–water partition coefficient (Wildman–Crippen LogP) is 1.90. The fraction of sp³-hybridized carbons (Fsp3) is 0.500. The van der Waals surface area contributed by atoms with Crippen LogP contribution in [0.25, 0.3) is 0 Å². The summed E-state index contributed by atoms with van der Waals surface area (Å²) in [7, 11) is 0. The van der Waals surface area contributed by atoms with Gasteiger partial charge in [-0.2, -0.15) is 0 Å². The molecular formula is C14H19N3O3S. The number of hydrogen-bond donors (Lipinski definition) is 1. The lowest BCUT2D eigenvalue weighted by Gasteiger charge is -2.35. The van der Waals surface area contributed by atoms with Gasteiger partial charge in [-0.3, -0.25) is 14.9 Å². The minimum Gasteiger partial charge on any atom is -0.336 e. The first-order valence-corrected chi connectivity index (χ1v) is 7.79. The van der Waals surface area contributed by atoms with Crippen LogP contribution in [0.1, 0.15) is 13.8 Å². The first-order valence-electron chi connectivity index (χ1n) is 6.91. The molecule has 0 aromatic heterocycles. The Morgan fingerprint density at radius 1 is 1.48 bits per heavy atom. The van der Waals surface area contributed by atoms with Crippen LogP contribution >= 0.6 is 11.8 Å². The van der Waals surface area contributed by atoms with Crippen LogP contribution in [0.5, 0.6) is 0 Å². The van der Waals surface area contributed by atoms with Crippen molar-refractivity contribution >= 4 is 23.4 Å². The minimum atomic E-state index is -0.425. The highest BCUT2D eigenvalue weighted by Gasteiger charge is 2.27. The van der Waals surface area contributed by atoms with Gasteiger partial charge in [-0.05, 0) is 26.0 Å². The second kappa shape index (κ2) is 6.91. The van der Waals surface area contributed by atoms with E-state index in [9.17, 15) is 14.9 Å². The predicted molar refractivity (Wildman–Crippen MR) is 82.5 cm³/mol. The van der Waals surface area contributed by atoms with Gasteiger partial charge in [0.1, 0.15) is 0 Å². The van der Waals surface area contributed by atoms with E-state index in [0.29, 0.717) is 0 Å². The molecular weight excluding hydrogens is 290 g/mol. The first-order chi connectivity index (χ1) is 9.99. The summed E-state index contributed by atoms with van der Waals surface area (Å²) in [6, 6.07) is 6.51. The summed E-state index contributed by atoms with van der Waals surface area (Å²) in [5.74, 6) is 0.118.